The van der Waals surface area contributed by atoms with E-state index in [0.29, 0.717) is 22.9 Å². The van der Waals surface area contributed by atoms with Crippen LogP contribution in [0, 0.1) is 0 Å². The Morgan fingerprint density at radius 1 is 0.941 bits per heavy atom. The van der Waals surface area contributed by atoms with Crippen LogP contribution >= 0.6 is 0 Å². The SMILES string of the molecule is CC(C)c1ccc(NC(=O)C(c2ccccc2)N(Cc2ccco2)C(=O)c2cnccn2)cc1. The average molecular weight is 455 g/mol. The summed E-state index contributed by atoms with van der Waals surface area (Å²) in [5.41, 5.74) is 2.64. The van der Waals surface area contributed by atoms with Crippen molar-refractivity contribution in [3.05, 3.63) is 114 Å². The number of rotatable bonds is 8. The Balaban J connectivity index is 1.71. The zero-order valence-corrected chi connectivity index (χ0v) is 19.1. The number of furan rings is 1. The topological polar surface area (TPSA) is 88.3 Å². The third kappa shape index (κ3) is 5.38. The zero-order valence-electron chi connectivity index (χ0n) is 19.1. The molecule has 0 radical (unpaired) electrons. The van der Waals surface area contributed by atoms with Gasteiger partial charge >= 0.3 is 0 Å². The predicted molar refractivity (Wildman–Crippen MR) is 129 cm³/mol. The fourth-order valence-corrected chi connectivity index (χ4v) is 3.68. The maximum atomic E-state index is 13.7. The second-order valence-electron chi connectivity index (χ2n) is 8.18. The average Bonchev–Trinajstić information content (AvgIpc) is 3.38. The molecule has 172 valence electrons. The molecule has 1 N–H and O–H groups in total. The Morgan fingerprint density at radius 3 is 2.32 bits per heavy atom. The first-order valence-electron chi connectivity index (χ1n) is 11.1. The van der Waals surface area contributed by atoms with Crippen LogP contribution in [-0.2, 0) is 11.3 Å². The van der Waals surface area contributed by atoms with E-state index in [9.17, 15) is 9.59 Å². The number of benzene rings is 2. The number of carbonyl (C=O) groups is 2. The van der Waals surface area contributed by atoms with E-state index >= 15 is 0 Å². The first kappa shape index (κ1) is 22.9. The molecule has 2 aromatic carbocycles. The molecule has 4 aromatic rings. The molecule has 0 bridgehead atoms. The first-order chi connectivity index (χ1) is 16.5. The van der Waals surface area contributed by atoms with Gasteiger partial charge in [0.2, 0.25) is 0 Å². The van der Waals surface area contributed by atoms with Crippen molar-refractivity contribution < 1.29 is 14.0 Å². The summed E-state index contributed by atoms with van der Waals surface area (Å²) in [4.78, 5) is 36.9. The van der Waals surface area contributed by atoms with E-state index in [1.807, 2.05) is 54.6 Å². The molecule has 4 rings (SSSR count). The monoisotopic (exact) mass is 454 g/mol. The summed E-state index contributed by atoms with van der Waals surface area (Å²) in [6, 6.07) is 19.5. The van der Waals surface area contributed by atoms with E-state index in [0.717, 1.165) is 0 Å². The Hall–Kier alpha value is -4.26. The standard InChI is InChI=1S/C27H26N4O3/c1-19(2)20-10-12-22(13-11-20)30-26(32)25(21-7-4-3-5-8-21)31(18-23-9-6-16-34-23)27(33)24-17-28-14-15-29-24/h3-17,19,25H,18H2,1-2H3,(H,30,32). The van der Waals surface area contributed by atoms with Gasteiger partial charge in [-0.1, -0.05) is 56.3 Å². The maximum Gasteiger partial charge on any atom is 0.275 e. The van der Waals surface area contributed by atoms with Crippen molar-refractivity contribution in [3.8, 4) is 0 Å². The van der Waals surface area contributed by atoms with E-state index < -0.39 is 11.9 Å². The number of nitrogens with one attached hydrogen (secondary N) is 1. The highest BCUT2D eigenvalue weighted by Crippen LogP contribution is 2.27. The molecule has 7 heteroatoms. The van der Waals surface area contributed by atoms with Gasteiger partial charge in [0.1, 0.15) is 17.5 Å². The molecular formula is C27H26N4O3. The highest BCUT2D eigenvalue weighted by molar-refractivity contribution is 6.00. The van der Waals surface area contributed by atoms with Crippen LogP contribution in [0.3, 0.4) is 0 Å². The molecule has 1 unspecified atom stereocenters. The minimum Gasteiger partial charge on any atom is -0.467 e. The number of anilines is 1. The molecule has 0 aliphatic carbocycles. The van der Waals surface area contributed by atoms with Crippen LogP contribution in [0.15, 0.2) is 96.0 Å². The van der Waals surface area contributed by atoms with Crippen LogP contribution in [0.25, 0.3) is 0 Å². The molecule has 0 spiro atoms. The Morgan fingerprint density at radius 2 is 1.71 bits per heavy atom. The maximum absolute atomic E-state index is 13.7. The van der Waals surface area contributed by atoms with Crippen molar-refractivity contribution >= 4 is 17.5 Å². The van der Waals surface area contributed by atoms with Gasteiger partial charge < -0.3 is 14.6 Å². The molecule has 0 saturated carbocycles. The lowest BCUT2D eigenvalue weighted by Gasteiger charge is -2.30. The van der Waals surface area contributed by atoms with E-state index in [4.69, 9.17) is 4.42 Å². The molecule has 0 aliphatic heterocycles. The summed E-state index contributed by atoms with van der Waals surface area (Å²) in [6.07, 6.45) is 5.87. The van der Waals surface area contributed by atoms with Gasteiger partial charge in [0.25, 0.3) is 11.8 Å². The van der Waals surface area contributed by atoms with Crippen molar-refractivity contribution in [1.82, 2.24) is 14.9 Å². The van der Waals surface area contributed by atoms with Gasteiger partial charge in [0, 0.05) is 18.1 Å². The van der Waals surface area contributed by atoms with Gasteiger partial charge in [0.05, 0.1) is 19.0 Å². The summed E-state index contributed by atoms with van der Waals surface area (Å²) in [7, 11) is 0. The molecular weight excluding hydrogens is 428 g/mol. The van der Waals surface area contributed by atoms with Gasteiger partial charge in [-0.2, -0.15) is 0 Å². The Bertz CT molecular complexity index is 1210. The molecule has 2 aromatic heterocycles. The van der Waals surface area contributed by atoms with Crippen LogP contribution in [0.1, 0.15) is 53.2 Å². The molecule has 1 atom stereocenters. The quantitative estimate of drug-likeness (QED) is 0.395. The summed E-state index contributed by atoms with van der Waals surface area (Å²) in [5.74, 6) is 0.165. The van der Waals surface area contributed by atoms with Crippen LogP contribution in [0.4, 0.5) is 5.69 Å². The van der Waals surface area contributed by atoms with Gasteiger partial charge in [-0.3, -0.25) is 14.6 Å². The summed E-state index contributed by atoms with van der Waals surface area (Å²) < 4.78 is 5.51. The molecule has 0 fully saturated rings. The second kappa shape index (κ2) is 10.6. The number of hydrogen-bond acceptors (Lipinski definition) is 5. The highest BCUT2D eigenvalue weighted by atomic mass is 16.3. The van der Waals surface area contributed by atoms with E-state index in [1.165, 1.54) is 35.3 Å². The van der Waals surface area contributed by atoms with Gasteiger partial charge in [-0.05, 0) is 41.3 Å². The third-order valence-corrected chi connectivity index (χ3v) is 5.47. The summed E-state index contributed by atoms with van der Waals surface area (Å²) >= 11 is 0. The van der Waals surface area contributed by atoms with Gasteiger partial charge in [-0.15, -0.1) is 0 Å². The van der Waals surface area contributed by atoms with Gasteiger partial charge in [0.15, 0.2) is 0 Å². The largest absolute Gasteiger partial charge is 0.467 e. The lowest BCUT2D eigenvalue weighted by molar-refractivity contribution is -0.121. The minimum atomic E-state index is -0.925. The second-order valence-corrected chi connectivity index (χ2v) is 8.18. The molecule has 2 heterocycles. The normalized spacial score (nSPS) is 11.7. The fourth-order valence-electron chi connectivity index (χ4n) is 3.68. The van der Waals surface area contributed by atoms with Gasteiger partial charge in [-0.25, -0.2) is 4.98 Å². The molecule has 0 saturated heterocycles. The predicted octanol–water partition coefficient (Wildman–Crippen LogP) is 5.22. The number of carbonyl (C=O) groups excluding carboxylic acids is 2. The van der Waals surface area contributed by atoms with Crippen molar-refractivity contribution in [1.29, 1.82) is 0 Å². The molecule has 0 aliphatic rings. The fraction of sp³-hybridized carbons (Fsp3) is 0.185. The zero-order chi connectivity index (χ0) is 23.9. The number of hydrogen-bond donors (Lipinski definition) is 1. The summed E-state index contributed by atoms with van der Waals surface area (Å²) in [6.45, 7) is 4.31. The van der Waals surface area contributed by atoms with Crippen molar-refractivity contribution in [2.45, 2.75) is 32.4 Å². The number of nitrogens with zero attached hydrogens (tertiary/aromatic N) is 3. The first-order valence-corrected chi connectivity index (χ1v) is 11.1. The Labute approximate surface area is 198 Å². The number of amides is 2. The number of aromatic nitrogens is 2. The lowest BCUT2D eigenvalue weighted by atomic mass is 10.0. The van der Waals surface area contributed by atoms with Crippen LogP contribution in [0.2, 0.25) is 0 Å². The highest BCUT2D eigenvalue weighted by Gasteiger charge is 2.33. The van der Waals surface area contributed by atoms with Crippen LogP contribution < -0.4 is 5.32 Å². The van der Waals surface area contributed by atoms with Crippen LogP contribution in [-0.4, -0.2) is 26.7 Å². The lowest BCUT2D eigenvalue weighted by Crippen LogP contribution is -2.41. The summed E-state index contributed by atoms with van der Waals surface area (Å²) in [5, 5.41) is 2.97. The van der Waals surface area contributed by atoms with E-state index in [-0.39, 0.29) is 18.1 Å². The third-order valence-electron chi connectivity index (χ3n) is 5.47. The van der Waals surface area contributed by atoms with E-state index in [2.05, 4.69) is 29.1 Å². The molecule has 2 amide bonds. The van der Waals surface area contributed by atoms with Crippen molar-refractivity contribution in [3.63, 3.8) is 0 Å². The van der Waals surface area contributed by atoms with E-state index in [1.54, 1.807) is 12.1 Å². The molecule has 34 heavy (non-hydrogen) atoms. The molecule has 7 nitrogen and oxygen atoms in total. The smallest absolute Gasteiger partial charge is 0.275 e. The van der Waals surface area contributed by atoms with Crippen molar-refractivity contribution in [2.75, 3.05) is 5.32 Å². The van der Waals surface area contributed by atoms with Crippen molar-refractivity contribution in [2.24, 2.45) is 0 Å². The Kier molecular flexibility index (Phi) is 7.13. The minimum absolute atomic E-state index is 0.0850. The van der Waals surface area contributed by atoms with Crippen LogP contribution in [0.5, 0.6) is 0 Å².